The van der Waals surface area contributed by atoms with E-state index in [9.17, 15) is 35.7 Å². The lowest BCUT2D eigenvalue weighted by Gasteiger charge is -2.53. The first kappa shape index (κ1) is 42.5. The van der Waals surface area contributed by atoms with Gasteiger partial charge in [0.25, 0.3) is 0 Å². The van der Waals surface area contributed by atoms with Crippen LogP contribution in [0.2, 0.25) is 0 Å². The Hall–Kier alpha value is -3.77. The lowest BCUT2D eigenvalue weighted by Crippen LogP contribution is -2.70. The maximum absolute atomic E-state index is 15.7. The summed E-state index contributed by atoms with van der Waals surface area (Å²) in [6.07, 6.45) is 3.32. The van der Waals surface area contributed by atoms with Gasteiger partial charge in [-0.25, -0.2) is 4.98 Å². The highest BCUT2D eigenvalue weighted by molar-refractivity contribution is 8.77. The maximum Gasteiger partial charge on any atom is 0.229 e. The molecule has 10 atom stereocenters. The van der Waals surface area contributed by atoms with Crippen LogP contribution in [0.3, 0.4) is 0 Å². The predicted octanol–water partition coefficient (Wildman–Crippen LogP) is 4.71. The molecule has 6 bridgehead atoms. The van der Waals surface area contributed by atoms with E-state index in [2.05, 4.69) is 5.32 Å². The minimum atomic E-state index is -2.25. The molecule has 1 saturated heterocycles. The van der Waals surface area contributed by atoms with Gasteiger partial charge in [0.1, 0.15) is 46.7 Å². The number of hydrogen-bond donors (Lipinski definition) is 8. The average Bonchev–Trinajstić information content (AvgIpc) is 3.69. The number of rotatable bonds is 7. The van der Waals surface area contributed by atoms with Gasteiger partial charge >= 0.3 is 0 Å². The monoisotopic (exact) mass is 872 g/mol. The molecule has 324 valence electrons. The number of nitrogens with one attached hydrogen (secondary N) is 1. The number of aromatic nitrogens is 1. The van der Waals surface area contributed by atoms with Crippen molar-refractivity contribution in [2.24, 2.45) is 17.3 Å². The van der Waals surface area contributed by atoms with Crippen LogP contribution in [0.5, 0.6) is 5.75 Å². The first-order valence-corrected chi connectivity index (χ1v) is 23.5. The molecule has 2 aliphatic heterocycles. The number of ether oxygens (including phenoxy) is 2. The Balaban J connectivity index is 1.20. The molecule has 3 aromatic rings. The van der Waals surface area contributed by atoms with Crippen molar-refractivity contribution in [3.05, 3.63) is 112 Å². The van der Waals surface area contributed by atoms with Crippen molar-refractivity contribution < 1.29 is 54.8 Å². The Morgan fingerprint density at radius 2 is 1.82 bits per heavy atom. The summed E-state index contributed by atoms with van der Waals surface area (Å²) >= 11 is 0. The zero-order valence-electron chi connectivity index (χ0n) is 33.6. The van der Waals surface area contributed by atoms with Gasteiger partial charge in [-0.1, -0.05) is 70.5 Å². The van der Waals surface area contributed by atoms with E-state index >= 15 is 9.59 Å². The molecular formula is C46H52N2O11S2. The molecule has 6 aliphatic rings. The number of nitrogens with zero attached hydrogens (tertiary/aromatic N) is 1. The van der Waals surface area contributed by atoms with E-state index in [-0.39, 0.29) is 61.0 Å². The number of anilines is 1. The Labute approximate surface area is 361 Å². The Bertz CT molecular complexity index is 2270. The smallest absolute Gasteiger partial charge is 0.229 e. The van der Waals surface area contributed by atoms with Gasteiger partial charge in [0.2, 0.25) is 6.29 Å². The second-order valence-electron chi connectivity index (χ2n) is 17.4. The number of aliphatic hydroxyl groups excluding tert-OH is 6. The maximum atomic E-state index is 15.7. The summed E-state index contributed by atoms with van der Waals surface area (Å²) in [5.74, 6) is -1.61. The minimum Gasteiger partial charge on any atom is -0.511 e. The molecule has 15 heteroatoms. The second-order valence-corrected chi connectivity index (χ2v) is 20.0. The summed E-state index contributed by atoms with van der Waals surface area (Å²) in [7, 11) is 2.75. The number of carbonyl (C=O) groups is 2. The van der Waals surface area contributed by atoms with Crippen LogP contribution < -0.4 is 10.1 Å². The molecule has 1 saturated carbocycles. The molecule has 1 aromatic heterocycles. The Morgan fingerprint density at radius 3 is 2.62 bits per heavy atom. The Morgan fingerprint density at radius 1 is 1.00 bits per heavy atom. The van der Waals surface area contributed by atoms with Gasteiger partial charge in [-0.05, 0) is 103 Å². The average molecular weight is 873 g/mol. The number of pyridine rings is 1. The highest BCUT2D eigenvalue weighted by Crippen LogP contribution is 2.59. The normalized spacial score (nSPS) is 34.4. The lowest BCUT2D eigenvalue weighted by molar-refractivity contribution is -0.319. The number of fused-ring (bicyclic) bond motifs is 3. The summed E-state index contributed by atoms with van der Waals surface area (Å²) in [5, 5.41) is 82.3. The van der Waals surface area contributed by atoms with E-state index in [4.69, 9.17) is 14.5 Å². The summed E-state index contributed by atoms with van der Waals surface area (Å²) in [5.41, 5.74) is -0.680. The number of allylic oxidation sites excluding steroid dienone is 4. The van der Waals surface area contributed by atoms with Crippen LogP contribution in [0.4, 0.5) is 5.82 Å². The van der Waals surface area contributed by atoms with Crippen molar-refractivity contribution in [3.8, 4) is 5.75 Å². The third-order valence-corrected chi connectivity index (χ3v) is 16.9. The van der Waals surface area contributed by atoms with Crippen molar-refractivity contribution in [2.75, 3.05) is 24.4 Å². The topological polar surface area (TPSA) is 219 Å². The lowest BCUT2D eigenvalue weighted by atomic mass is 9.57. The number of hydrogen-bond acceptors (Lipinski definition) is 15. The van der Waals surface area contributed by atoms with Gasteiger partial charge < -0.3 is 50.5 Å². The molecule has 8 N–H and O–H groups in total. The number of benzene rings is 2. The van der Waals surface area contributed by atoms with Gasteiger partial charge in [-0.15, -0.1) is 0 Å². The minimum absolute atomic E-state index is 0.0385. The first-order chi connectivity index (χ1) is 29.5. The molecule has 13 nitrogen and oxygen atoms in total. The van der Waals surface area contributed by atoms with E-state index in [0.717, 1.165) is 42.4 Å². The van der Waals surface area contributed by atoms with Crippen molar-refractivity contribution in [3.63, 3.8) is 0 Å². The number of carbonyl (C=O) groups excluding carboxylic acids is 2. The van der Waals surface area contributed by atoms with Crippen LogP contribution in [0.1, 0.15) is 87.9 Å². The van der Waals surface area contributed by atoms with Gasteiger partial charge in [0, 0.05) is 29.0 Å². The van der Waals surface area contributed by atoms with E-state index in [0.29, 0.717) is 35.7 Å². The van der Waals surface area contributed by atoms with E-state index in [1.807, 2.05) is 30.5 Å². The van der Waals surface area contributed by atoms with Gasteiger partial charge in [0.15, 0.2) is 11.6 Å². The molecule has 10 unspecified atom stereocenters. The summed E-state index contributed by atoms with van der Waals surface area (Å²) in [6.45, 7) is -1.06. The number of aryl methyl sites for hydroxylation is 1. The highest BCUT2D eigenvalue weighted by atomic mass is 33.1. The number of ketones is 2. The largest absolute Gasteiger partial charge is 0.511 e. The van der Waals surface area contributed by atoms with Crippen LogP contribution in [-0.2, 0) is 29.6 Å². The summed E-state index contributed by atoms with van der Waals surface area (Å²) in [6, 6.07) is 13.9. The van der Waals surface area contributed by atoms with Crippen LogP contribution in [0, 0.1) is 17.3 Å². The van der Waals surface area contributed by atoms with E-state index in [1.165, 1.54) is 39.8 Å². The van der Waals surface area contributed by atoms with Crippen LogP contribution in [0.15, 0.2) is 78.2 Å². The van der Waals surface area contributed by atoms with Crippen molar-refractivity contribution in [1.82, 2.24) is 4.98 Å². The molecular weight excluding hydrogens is 821 g/mol. The molecule has 2 fully saturated rings. The molecule has 4 aliphatic carbocycles. The molecule has 0 amide bonds. The van der Waals surface area contributed by atoms with Crippen molar-refractivity contribution >= 4 is 39.0 Å². The quantitative estimate of drug-likeness (QED) is 0.151. The van der Waals surface area contributed by atoms with Crippen molar-refractivity contribution in [1.29, 1.82) is 0 Å². The third-order valence-electron chi connectivity index (χ3n) is 14.2. The first-order valence-electron chi connectivity index (χ1n) is 21.1. The summed E-state index contributed by atoms with van der Waals surface area (Å²) < 4.78 is 12.4. The molecule has 2 aromatic carbocycles. The van der Waals surface area contributed by atoms with Gasteiger partial charge in [0.05, 0.1) is 30.6 Å². The molecule has 9 rings (SSSR count). The van der Waals surface area contributed by atoms with Crippen molar-refractivity contribution in [2.45, 2.75) is 105 Å². The fourth-order valence-corrected chi connectivity index (χ4v) is 14.2. The van der Waals surface area contributed by atoms with Crippen LogP contribution in [0.25, 0.3) is 0 Å². The third kappa shape index (κ3) is 6.95. The zero-order valence-corrected chi connectivity index (χ0v) is 35.2. The molecule has 2 spiro atoms. The van der Waals surface area contributed by atoms with Crippen LogP contribution >= 0.6 is 21.6 Å². The second kappa shape index (κ2) is 16.7. The fraction of sp³-hybridized carbons (Fsp3) is 0.500. The highest BCUT2D eigenvalue weighted by Gasteiger charge is 2.64. The number of aliphatic hydroxyl groups is 7. The van der Waals surface area contributed by atoms with Crippen LogP contribution in [-0.4, -0.2) is 107 Å². The van der Waals surface area contributed by atoms with E-state index < -0.39 is 70.4 Å². The number of Topliss-reactive ketones (excluding diaryl/α,β-unsaturated/α-hetero) is 2. The Kier molecular flexibility index (Phi) is 11.7. The fourth-order valence-electron chi connectivity index (χ4n) is 11.3. The SMILES string of the molecule is O=C1c2cccc3c2C(=O)C2(C(O)=CC(Cc4cccc(CO)c4)=CC12)C(CCCO)SSCNc1cc2c(cn1)CCC1CCCC21CC1(O)C(O)C(CO)OC(O3)C1O. The predicted molar refractivity (Wildman–Crippen MR) is 229 cm³/mol. The summed E-state index contributed by atoms with van der Waals surface area (Å²) in [4.78, 5) is 35.4. The molecule has 0 radical (unpaired) electrons. The van der Waals surface area contributed by atoms with Gasteiger partial charge in [-0.3, -0.25) is 9.59 Å². The molecule has 3 heterocycles. The zero-order chi connectivity index (χ0) is 42.7. The standard InChI is InChI=1S/C46H52N2O11S2/c49-14-4-10-36-46-32(17-27(18-35(46)52)16-25-5-1-6-26(15-25)21-50)39(53)30-8-2-9-33(38(30)41(46)55)58-43-42(56)45(57,40(54)34(22-51)59-43)23-44-13-3-7-29(44)12-11-28-20-47-37(19-31(28)44)48-24-60-61-36/h1-2,5-6,8-9,15,17-20,29,32,34,36,40,42-43,49-52,54,56-57H,3-4,7,10-14,16,21-24H2,(H,47,48). The van der Waals surface area contributed by atoms with E-state index in [1.54, 1.807) is 18.2 Å². The molecule has 61 heavy (non-hydrogen) atoms. The van der Waals surface area contributed by atoms with Gasteiger partial charge in [-0.2, -0.15) is 0 Å².